The van der Waals surface area contributed by atoms with Crippen molar-refractivity contribution in [1.82, 2.24) is 4.72 Å². The van der Waals surface area contributed by atoms with Crippen LogP contribution in [0.1, 0.15) is 51.7 Å². The lowest BCUT2D eigenvalue weighted by Crippen LogP contribution is -2.40. The average Bonchev–Trinajstić information content (AvgIpc) is 3.03. The maximum absolute atomic E-state index is 12.5. The van der Waals surface area contributed by atoms with Gasteiger partial charge in [0.1, 0.15) is 4.75 Å². The number of nitrogens with zero attached hydrogens (tertiary/aromatic N) is 4. The summed E-state index contributed by atoms with van der Waals surface area (Å²) < 4.78 is 26.6. The van der Waals surface area contributed by atoms with E-state index < -0.39 is 20.4 Å². The van der Waals surface area contributed by atoms with E-state index in [-0.39, 0.29) is 0 Å². The van der Waals surface area contributed by atoms with Gasteiger partial charge in [-0.05, 0) is 42.7 Å². The molecule has 126 valence electrons. The van der Waals surface area contributed by atoms with E-state index in [9.17, 15) is 8.42 Å². The molecule has 1 aromatic carbocycles. The van der Waals surface area contributed by atoms with E-state index in [1.807, 2.05) is 26.0 Å². The Bertz CT molecular complexity index is 696. The minimum absolute atomic E-state index is 0.434. The van der Waals surface area contributed by atoms with Crippen molar-refractivity contribution in [3.05, 3.63) is 35.4 Å². The topological polar surface area (TPSA) is 95.6 Å². The van der Waals surface area contributed by atoms with Crippen molar-refractivity contribution < 1.29 is 8.42 Å². The standard InChI is InChI=1S/C15H23N5O2S/c1-5-11-16-23(21,22)14(3,4)12-7-9-13(10-8-12)15(6-2)17-19-20-18-15/h7-10,16H,5-6,11H2,1-4H3. The van der Waals surface area contributed by atoms with Crippen LogP contribution in [0.15, 0.2) is 44.9 Å². The van der Waals surface area contributed by atoms with Crippen LogP contribution < -0.4 is 4.72 Å². The first kappa shape index (κ1) is 17.7. The second-order valence-electron chi connectivity index (χ2n) is 6.03. The molecule has 0 aromatic heterocycles. The number of hydrogen-bond donors (Lipinski definition) is 1. The summed E-state index contributed by atoms with van der Waals surface area (Å²) in [5, 5.41) is 15.4. The first-order chi connectivity index (χ1) is 10.8. The third-order valence-electron chi connectivity index (χ3n) is 4.21. The largest absolute Gasteiger partial charge is 0.221 e. The molecule has 7 nitrogen and oxygen atoms in total. The SMILES string of the molecule is CCCNS(=O)(=O)C(C)(C)c1ccc(C2(CC)N=NN=N2)cc1. The second-order valence-corrected chi connectivity index (χ2v) is 8.35. The van der Waals surface area contributed by atoms with Gasteiger partial charge in [0.25, 0.3) is 0 Å². The van der Waals surface area contributed by atoms with E-state index in [0.29, 0.717) is 18.5 Å². The molecule has 0 radical (unpaired) electrons. The molecule has 0 amide bonds. The molecule has 0 bridgehead atoms. The molecule has 1 aliphatic heterocycles. The van der Waals surface area contributed by atoms with E-state index in [0.717, 1.165) is 12.0 Å². The zero-order valence-electron chi connectivity index (χ0n) is 13.9. The van der Waals surface area contributed by atoms with Crippen LogP contribution in [0.25, 0.3) is 0 Å². The molecule has 23 heavy (non-hydrogen) atoms. The third kappa shape index (κ3) is 3.18. The first-order valence-electron chi connectivity index (χ1n) is 7.73. The normalized spacial score (nSPS) is 16.9. The maximum Gasteiger partial charge on any atom is 0.221 e. The van der Waals surface area contributed by atoms with Crippen LogP contribution in [0, 0.1) is 0 Å². The number of sulfonamides is 1. The fourth-order valence-electron chi connectivity index (χ4n) is 2.38. The Morgan fingerprint density at radius 3 is 2.13 bits per heavy atom. The molecule has 1 aliphatic rings. The minimum Gasteiger partial charge on any atom is -0.214 e. The van der Waals surface area contributed by atoms with Crippen LogP contribution in [0.2, 0.25) is 0 Å². The average molecular weight is 337 g/mol. The highest BCUT2D eigenvalue weighted by molar-refractivity contribution is 7.90. The van der Waals surface area contributed by atoms with Gasteiger partial charge in [-0.1, -0.05) is 38.1 Å². The molecule has 0 saturated carbocycles. The predicted octanol–water partition coefficient (Wildman–Crippen LogP) is 3.65. The molecule has 0 spiro atoms. The Morgan fingerprint density at radius 2 is 1.65 bits per heavy atom. The lowest BCUT2D eigenvalue weighted by molar-refractivity contribution is 0.447. The molecule has 1 aromatic rings. The summed E-state index contributed by atoms with van der Waals surface area (Å²) in [6, 6.07) is 7.31. The molecule has 0 atom stereocenters. The Kier molecular flexibility index (Phi) is 4.95. The number of hydrogen-bond acceptors (Lipinski definition) is 6. The van der Waals surface area contributed by atoms with Gasteiger partial charge >= 0.3 is 0 Å². The Labute approximate surface area is 137 Å². The van der Waals surface area contributed by atoms with Crippen molar-refractivity contribution in [3.63, 3.8) is 0 Å². The van der Waals surface area contributed by atoms with Gasteiger partial charge in [-0.3, -0.25) is 0 Å². The summed E-state index contributed by atoms with van der Waals surface area (Å²) >= 11 is 0. The summed E-state index contributed by atoms with van der Waals surface area (Å²) in [5.41, 5.74) is 0.786. The van der Waals surface area contributed by atoms with Crippen LogP contribution >= 0.6 is 0 Å². The quantitative estimate of drug-likeness (QED) is 0.822. The van der Waals surface area contributed by atoms with E-state index in [4.69, 9.17) is 0 Å². The van der Waals surface area contributed by atoms with Gasteiger partial charge in [-0.15, -0.1) is 10.2 Å². The van der Waals surface area contributed by atoms with E-state index in [1.54, 1.807) is 26.0 Å². The van der Waals surface area contributed by atoms with Gasteiger partial charge in [-0.25, -0.2) is 13.1 Å². The van der Waals surface area contributed by atoms with Gasteiger partial charge in [0, 0.05) is 12.1 Å². The predicted molar refractivity (Wildman–Crippen MR) is 88.4 cm³/mol. The summed E-state index contributed by atoms with van der Waals surface area (Å²) in [7, 11) is -3.46. The molecule has 0 unspecified atom stereocenters. The summed E-state index contributed by atoms with van der Waals surface area (Å²) in [6.45, 7) is 7.72. The number of nitrogens with one attached hydrogen (secondary N) is 1. The van der Waals surface area contributed by atoms with Crippen LogP contribution in [0.3, 0.4) is 0 Å². The van der Waals surface area contributed by atoms with Crippen LogP contribution in [0.5, 0.6) is 0 Å². The maximum atomic E-state index is 12.5. The third-order valence-corrected chi connectivity index (χ3v) is 6.37. The molecule has 8 heteroatoms. The van der Waals surface area contributed by atoms with Gasteiger partial charge in [0.05, 0.1) is 0 Å². The molecule has 0 aliphatic carbocycles. The molecule has 0 saturated heterocycles. The summed E-state index contributed by atoms with van der Waals surface area (Å²) in [4.78, 5) is 0. The Balaban J connectivity index is 2.32. The van der Waals surface area contributed by atoms with Crippen LogP contribution in [0.4, 0.5) is 0 Å². The van der Waals surface area contributed by atoms with E-state index >= 15 is 0 Å². The van der Waals surface area contributed by atoms with Crippen LogP contribution in [-0.2, 0) is 20.4 Å². The van der Waals surface area contributed by atoms with E-state index in [2.05, 4.69) is 25.4 Å². The van der Waals surface area contributed by atoms with Crippen molar-refractivity contribution in [2.24, 2.45) is 20.7 Å². The molecule has 1 heterocycles. The zero-order chi connectivity index (χ0) is 17.1. The smallest absolute Gasteiger partial charge is 0.214 e. The van der Waals surface area contributed by atoms with Gasteiger partial charge in [0.2, 0.25) is 15.7 Å². The van der Waals surface area contributed by atoms with Crippen LogP contribution in [-0.4, -0.2) is 15.0 Å². The molecular weight excluding hydrogens is 314 g/mol. The van der Waals surface area contributed by atoms with Crippen molar-refractivity contribution in [1.29, 1.82) is 0 Å². The molecular formula is C15H23N5O2S. The fraction of sp³-hybridized carbons (Fsp3) is 0.600. The second kappa shape index (κ2) is 6.45. The van der Waals surface area contributed by atoms with Crippen molar-refractivity contribution in [3.8, 4) is 0 Å². The van der Waals surface area contributed by atoms with E-state index in [1.165, 1.54) is 0 Å². The van der Waals surface area contributed by atoms with Crippen molar-refractivity contribution in [2.75, 3.05) is 6.54 Å². The Hall–Kier alpha value is -1.67. The highest BCUT2D eigenvalue weighted by Gasteiger charge is 2.37. The zero-order valence-corrected chi connectivity index (χ0v) is 14.8. The highest BCUT2D eigenvalue weighted by atomic mass is 32.2. The molecule has 1 N–H and O–H groups in total. The monoisotopic (exact) mass is 337 g/mol. The highest BCUT2D eigenvalue weighted by Crippen LogP contribution is 2.37. The fourth-order valence-corrected chi connectivity index (χ4v) is 3.66. The Morgan fingerprint density at radius 1 is 1.09 bits per heavy atom. The number of benzene rings is 1. The minimum atomic E-state index is -3.46. The van der Waals surface area contributed by atoms with Crippen molar-refractivity contribution >= 4 is 10.0 Å². The lowest BCUT2D eigenvalue weighted by atomic mass is 9.94. The van der Waals surface area contributed by atoms with Gasteiger partial charge in [-0.2, -0.15) is 0 Å². The number of rotatable bonds is 7. The lowest BCUT2D eigenvalue weighted by Gasteiger charge is -2.26. The van der Waals surface area contributed by atoms with Crippen molar-refractivity contribution in [2.45, 2.75) is 50.9 Å². The summed E-state index contributed by atoms with van der Waals surface area (Å²) in [6.07, 6.45) is 1.39. The molecule has 0 fully saturated rings. The molecule has 2 rings (SSSR count). The first-order valence-corrected chi connectivity index (χ1v) is 9.21. The summed E-state index contributed by atoms with van der Waals surface area (Å²) in [5.74, 6) is 0. The van der Waals surface area contributed by atoms with Gasteiger partial charge in [0.15, 0.2) is 0 Å². The van der Waals surface area contributed by atoms with Gasteiger partial charge < -0.3 is 0 Å².